The average molecular weight is 367 g/mol. The summed E-state index contributed by atoms with van der Waals surface area (Å²) in [7, 11) is -3.46. The van der Waals surface area contributed by atoms with Gasteiger partial charge in [-0.1, -0.05) is 18.2 Å². The van der Waals surface area contributed by atoms with Crippen LogP contribution < -0.4 is 0 Å². The van der Waals surface area contributed by atoms with Crippen LogP contribution in [0.1, 0.15) is 29.6 Å². The Morgan fingerprint density at radius 3 is 2.38 bits per heavy atom. The summed E-state index contributed by atoms with van der Waals surface area (Å²) in [5.41, 5.74) is 0.483. The van der Waals surface area contributed by atoms with Crippen molar-refractivity contribution in [3.63, 3.8) is 0 Å². The number of hydrogen-bond donors (Lipinski definition) is 0. The van der Waals surface area contributed by atoms with Crippen molar-refractivity contribution in [3.8, 4) is 0 Å². The third-order valence-electron chi connectivity index (χ3n) is 4.28. The summed E-state index contributed by atoms with van der Waals surface area (Å²) >= 11 is 1.44. The van der Waals surface area contributed by atoms with E-state index in [0.29, 0.717) is 36.9 Å². The Morgan fingerprint density at radius 2 is 1.75 bits per heavy atom. The van der Waals surface area contributed by atoms with Crippen molar-refractivity contribution in [2.45, 2.75) is 24.2 Å². The summed E-state index contributed by atoms with van der Waals surface area (Å²) in [6.07, 6.45) is 4.77. The van der Waals surface area contributed by atoms with Crippen LogP contribution in [0.5, 0.6) is 0 Å². The lowest BCUT2D eigenvalue weighted by Crippen LogP contribution is -2.35. The van der Waals surface area contributed by atoms with Gasteiger partial charge in [-0.05, 0) is 43.4 Å². The first-order valence-electron chi connectivity index (χ1n) is 8.04. The maximum absolute atomic E-state index is 12.6. The minimum absolute atomic E-state index is 0.137. The minimum Gasteiger partial charge on any atom is -0.286 e. The minimum atomic E-state index is -3.46. The van der Waals surface area contributed by atoms with Crippen molar-refractivity contribution < 1.29 is 13.2 Å². The molecule has 0 radical (unpaired) electrons. The number of thioether (sulfide) groups is 1. The predicted octanol–water partition coefficient (Wildman–Crippen LogP) is 2.04. The van der Waals surface area contributed by atoms with Crippen molar-refractivity contribution in [3.05, 3.63) is 29.8 Å². The second-order valence-electron chi connectivity index (χ2n) is 5.81. The highest BCUT2D eigenvalue weighted by molar-refractivity contribution is 8.13. The molecule has 0 saturated carbocycles. The van der Waals surface area contributed by atoms with Crippen LogP contribution in [0.25, 0.3) is 0 Å². The second-order valence-corrected chi connectivity index (χ2v) is 8.53. The summed E-state index contributed by atoms with van der Waals surface area (Å²) in [6.45, 7) is 2.33. The number of amidine groups is 1. The van der Waals surface area contributed by atoms with E-state index in [4.69, 9.17) is 0 Å². The maximum Gasteiger partial charge on any atom is 0.259 e. The maximum atomic E-state index is 12.6. The largest absolute Gasteiger partial charge is 0.286 e. The number of aliphatic imine (C=N–C) groups is 1. The van der Waals surface area contributed by atoms with Gasteiger partial charge in [0, 0.05) is 25.2 Å². The van der Waals surface area contributed by atoms with Crippen molar-refractivity contribution in [1.29, 1.82) is 0 Å². The topological polar surface area (TPSA) is 70.0 Å². The van der Waals surface area contributed by atoms with Gasteiger partial charge in [0.05, 0.1) is 11.4 Å². The summed E-state index contributed by atoms with van der Waals surface area (Å²) in [5, 5.41) is 0.713. The molecule has 8 heteroatoms. The fourth-order valence-corrected chi connectivity index (χ4v) is 5.10. The zero-order chi connectivity index (χ0) is 17.2. The van der Waals surface area contributed by atoms with Gasteiger partial charge in [0.15, 0.2) is 5.17 Å². The molecule has 2 heterocycles. The van der Waals surface area contributed by atoms with Gasteiger partial charge in [0.1, 0.15) is 0 Å². The molecule has 0 atom stereocenters. The molecule has 0 aromatic heterocycles. The predicted molar refractivity (Wildman–Crippen MR) is 95.9 cm³/mol. The lowest BCUT2D eigenvalue weighted by molar-refractivity contribution is 0.0860. The van der Waals surface area contributed by atoms with Crippen molar-refractivity contribution in [1.82, 2.24) is 9.21 Å². The van der Waals surface area contributed by atoms with Crippen LogP contribution in [0.15, 0.2) is 34.2 Å². The lowest BCUT2D eigenvalue weighted by Gasteiger charge is -2.26. The van der Waals surface area contributed by atoms with Crippen LogP contribution >= 0.6 is 11.8 Å². The molecule has 2 aliphatic rings. The number of nitrogens with zero attached hydrogens (tertiary/aromatic N) is 3. The van der Waals surface area contributed by atoms with E-state index in [1.165, 1.54) is 28.2 Å². The third kappa shape index (κ3) is 3.36. The van der Waals surface area contributed by atoms with Crippen molar-refractivity contribution in [2.75, 3.05) is 32.4 Å². The van der Waals surface area contributed by atoms with Gasteiger partial charge in [-0.3, -0.25) is 14.7 Å². The molecule has 0 N–H and O–H groups in total. The Labute approximate surface area is 147 Å². The highest BCUT2D eigenvalue weighted by Gasteiger charge is 2.27. The van der Waals surface area contributed by atoms with Gasteiger partial charge in [-0.15, -0.1) is 0 Å². The standard InChI is InChI=1S/C16H21N3O3S2/c1-23-16-17-9-12-19(16)15(20)13-5-7-14(8-6-13)24(21,22)18-10-3-2-4-11-18/h5-8H,2-4,9-12H2,1H3. The number of rotatable bonds is 3. The van der Waals surface area contributed by atoms with Crippen LogP contribution in [0.2, 0.25) is 0 Å². The first-order valence-corrected chi connectivity index (χ1v) is 10.7. The molecule has 0 bridgehead atoms. The van der Waals surface area contributed by atoms with Gasteiger partial charge in [-0.2, -0.15) is 4.31 Å². The van der Waals surface area contributed by atoms with Crippen molar-refractivity contribution >= 4 is 32.9 Å². The summed E-state index contributed by atoms with van der Waals surface area (Å²) in [4.78, 5) is 18.7. The molecule has 0 spiro atoms. The van der Waals surface area contributed by atoms with E-state index >= 15 is 0 Å². The number of amides is 1. The zero-order valence-corrected chi connectivity index (χ0v) is 15.3. The summed E-state index contributed by atoms with van der Waals surface area (Å²) in [5.74, 6) is -0.137. The number of carbonyl (C=O) groups excluding carboxylic acids is 1. The van der Waals surface area contributed by atoms with E-state index in [1.807, 2.05) is 6.26 Å². The summed E-state index contributed by atoms with van der Waals surface area (Å²) in [6, 6.07) is 6.25. The van der Waals surface area contributed by atoms with Gasteiger partial charge in [-0.25, -0.2) is 8.42 Å². The molecule has 0 aliphatic carbocycles. The number of benzene rings is 1. The van der Waals surface area contributed by atoms with Gasteiger partial charge in [0.25, 0.3) is 5.91 Å². The number of carbonyl (C=O) groups is 1. The quantitative estimate of drug-likeness (QED) is 0.820. The average Bonchev–Trinajstić information content (AvgIpc) is 3.10. The Hall–Kier alpha value is -1.38. The van der Waals surface area contributed by atoms with Gasteiger partial charge in [0.2, 0.25) is 10.0 Å². The Morgan fingerprint density at radius 1 is 1.08 bits per heavy atom. The molecule has 6 nitrogen and oxygen atoms in total. The number of sulfonamides is 1. The monoisotopic (exact) mass is 367 g/mol. The molecular weight excluding hydrogens is 346 g/mol. The van der Waals surface area contributed by atoms with E-state index in [-0.39, 0.29) is 10.8 Å². The normalized spacial score (nSPS) is 19.4. The Balaban J connectivity index is 1.78. The van der Waals surface area contributed by atoms with E-state index in [2.05, 4.69) is 4.99 Å². The van der Waals surface area contributed by atoms with Gasteiger partial charge < -0.3 is 0 Å². The van der Waals surface area contributed by atoms with E-state index in [1.54, 1.807) is 17.0 Å². The summed E-state index contributed by atoms with van der Waals surface area (Å²) < 4.78 is 26.8. The zero-order valence-electron chi connectivity index (χ0n) is 13.6. The number of piperidine rings is 1. The molecule has 1 fully saturated rings. The molecule has 2 aliphatic heterocycles. The SMILES string of the molecule is CSC1=NCCN1C(=O)c1ccc(S(=O)(=O)N2CCCCC2)cc1. The lowest BCUT2D eigenvalue weighted by atomic mass is 10.2. The van der Waals surface area contributed by atoms with Crippen molar-refractivity contribution in [2.24, 2.45) is 4.99 Å². The number of hydrogen-bond acceptors (Lipinski definition) is 5. The smallest absolute Gasteiger partial charge is 0.259 e. The highest BCUT2D eigenvalue weighted by Crippen LogP contribution is 2.22. The Kier molecular flexibility index (Phi) is 5.27. The fourth-order valence-electron chi connectivity index (χ4n) is 2.97. The molecule has 0 unspecified atom stereocenters. The molecule has 1 aromatic carbocycles. The van der Waals surface area contributed by atoms with Crippen LogP contribution in [-0.4, -0.2) is 61.1 Å². The van der Waals surface area contributed by atoms with Crippen LogP contribution in [0.4, 0.5) is 0 Å². The third-order valence-corrected chi connectivity index (χ3v) is 6.91. The molecule has 1 saturated heterocycles. The molecule has 130 valence electrons. The molecule has 24 heavy (non-hydrogen) atoms. The van der Waals surface area contributed by atoms with E-state index in [9.17, 15) is 13.2 Å². The van der Waals surface area contributed by atoms with Crippen LogP contribution in [-0.2, 0) is 10.0 Å². The fraction of sp³-hybridized carbons (Fsp3) is 0.500. The van der Waals surface area contributed by atoms with Gasteiger partial charge >= 0.3 is 0 Å². The first kappa shape index (κ1) is 17.4. The van der Waals surface area contributed by atoms with Crippen LogP contribution in [0.3, 0.4) is 0 Å². The highest BCUT2D eigenvalue weighted by atomic mass is 32.2. The Bertz CT molecular complexity index is 738. The molecular formula is C16H21N3O3S2. The molecule has 3 rings (SSSR count). The first-order chi connectivity index (χ1) is 11.5. The van der Waals surface area contributed by atoms with E-state index in [0.717, 1.165) is 19.3 Å². The van der Waals surface area contributed by atoms with E-state index < -0.39 is 10.0 Å². The second kappa shape index (κ2) is 7.25. The van der Waals surface area contributed by atoms with Crippen LogP contribution in [0, 0.1) is 0 Å². The molecule has 1 aromatic rings. The molecule has 1 amide bonds.